The van der Waals surface area contributed by atoms with Crippen molar-refractivity contribution < 1.29 is 68.5 Å². The number of sulfonamides is 1. The topological polar surface area (TPSA) is 180 Å². The molecule has 2 amide bonds. The van der Waals surface area contributed by atoms with Crippen LogP contribution in [0.15, 0.2) is 30.4 Å². The molecule has 2 aromatic rings. The molecule has 1 N–H and O–H groups in total. The standard InChI is InChI=1S/C44H57F5N4O10S/c1-8-61-28-13-14-31-32(18-28)51-37(36(50-31)44(47,48)49)62-29-19-33-34(54)22-43(39(57)52-64(58,59)41(5)15-16-41)21-27(43)12-10-9-11-25(2)17-26(24-60-7)30(38(56)53(33)23-29)20-35(55)63-40(3,4)42(6,45)46/h10,12-14,18,25-27,29-30,33H,8-9,11,15-17,19-24H2,1-7H3,(H,52,57)/b12-10-/t25-,26+,27-,29-,30+,33+,43-/m1/s1. The maximum absolute atomic E-state index is 15.1. The fourth-order valence-electron chi connectivity index (χ4n) is 8.58. The Labute approximate surface area is 369 Å². The van der Waals surface area contributed by atoms with Gasteiger partial charge in [0, 0.05) is 39.5 Å². The number of esters is 1. The molecule has 14 nitrogen and oxygen atoms in total. The number of carbonyl (C=O) groups excluding carboxylic acids is 4. The van der Waals surface area contributed by atoms with Gasteiger partial charge in [-0.05, 0) is 96.1 Å². The van der Waals surface area contributed by atoms with E-state index in [4.69, 9.17) is 18.9 Å². The summed E-state index contributed by atoms with van der Waals surface area (Å²) >= 11 is 0. The first kappa shape index (κ1) is 49.0. The van der Waals surface area contributed by atoms with Crippen molar-refractivity contribution in [2.45, 2.75) is 134 Å². The highest BCUT2D eigenvalue weighted by molar-refractivity contribution is 7.91. The molecule has 1 aromatic heterocycles. The number of rotatable bonds is 13. The zero-order valence-corrected chi connectivity index (χ0v) is 37.9. The van der Waals surface area contributed by atoms with Gasteiger partial charge in [0.15, 0.2) is 11.4 Å². The van der Waals surface area contributed by atoms with Gasteiger partial charge in [-0.25, -0.2) is 27.2 Å². The van der Waals surface area contributed by atoms with E-state index in [1.807, 2.05) is 13.0 Å². The van der Waals surface area contributed by atoms with Crippen LogP contribution in [0.1, 0.15) is 105 Å². The number of hydrogen-bond donors (Lipinski definition) is 1. The average molecular weight is 929 g/mol. The SMILES string of the molecule is CCOc1ccc2nc(C(F)(F)F)c(O[C@@H]3C[C@H]4C(=O)C[C@]5(C(=O)NS(=O)(=O)C6(C)CC6)C[C@H]5/C=C\CC[C@@H](C)C[C@@H](COC)[C@H](CC(=O)OC(C)(C)C(C)(F)F)C(=O)N4C3)nc2c1. The fourth-order valence-corrected chi connectivity index (χ4v) is 9.92. The molecule has 20 heteroatoms. The largest absolute Gasteiger partial charge is 0.494 e. The minimum atomic E-state index is -5.06. The quantitative estimate of drug-likeness (QED) is 0.124. The molecule has 0 radical (unpaired) electrons. The van der Waals surface area contributed by atoms with Gasteiger partial charge in [0.05, 0.1) is 52.7 Å². The number of halogens is 5. The molecule has 2 saturated carbocycles. The van der Waals surface area contributed by atoms with Gasteiger partial charge < -0.3 is 23.8 Å². The Balaban J connectivity index is 1.42. The highest BCUT2D eigenvalue weighted by atomic mass is 32.2. The van der Waals surface area contributed by atoms with Crippen LogP contribution in [0, 0.1) is 29.1 Å². The van der Waals surface area contributed by atoms with Gasteiger partial charge in [-0.15, -0.1) is 0 Å². The number of ether oxygens (including phenoxy) is 4. The number of ketones is 1. The molecule has 0 bridgehead atoms. The summed E-state index contributed by atoms with van der Waals surface area (Å²) in [6.45, 7) is 7.46. The van der Waals surface area contributed by atoms with Crippen molar-refractivity contribution in [1.82, 2.24) is 19.6 Å². The van der Waals surface area contributed by atoms with Gasteiger partial charge in [0.2, 0.25) is 33.4 Å². The predicted octanol–water partition coefficient (Wildman–Crippen LogP) is 6.98. The summed E-state index contributed by atoms with van der Waals surface area (Å²) in [5, 5.41) is 0. The van der Waals surface area contributed by atoms with Crippen molar-refractivity contribution in [2.75, 3.05) is 26.9 Å². The predicted molar refractivity (Wildman–Crippen MR) is 222 cm³/mol. The normalized spacial score (nSPS) is 28.3. The first-order valence-corrected chi connectivity index (χ1v) is 23.1. The molecule has 64 heavy (non-hydrogen) atoms. The van der Waals surface area contributed by atoms with Crippen molar-refractivity contribution in [2.24, 2.45) is 29.1 Å². The third kappa shape index (κ3) is 10.5. The van der Waals surface area contributed by atoms with E-state index < -0.39 is 129 Å². The van der Waals surface area contributed by atoms with Crippen LogP contribution in [0.25, 0.3) is 11.0 Å². The number of benzene rings is 1. The summed E-state index contributed by atoms with van der Waals surface area (Å²) in [5.74, 6) is -10.4. The van der Waals surface area contributed by atoms with E-state index in [2.05, 4.69) is 14.7 Å². The summed E-state index contributed by atoms with van der Waals surface area (Å²) in [6, 6.07) is 2.67. The fraction of sp³-hybridized carbons (Fsp3) is 0.682. The molecule has 3 heterocycles. The van der Waals surface area contributed by atoms with Crippen molar-refractivity contribution in [3.63, 3.8) is 0 Å². The molecule has 7 atom stereocenters. The van der Waals surface area contributed by atoms with Crippen LogP contribution >= 0.6 is 0 Å². The number of methoxy groups -OCH3 is 1. The Morgan fingerprint density at radius 1 is 1.03 bits per heavy atom. The Morgan fingerprint density at radius 3 is 2.36 bits per heavy atom. The molecule has 3 fully saturated rings. The van der Waals surface area contributed by atoms with E-state index in [1.165, 1.54) is 32.2 Å². The highest BCUT2D eigenvalue weighted by Gasteiger charge is 2.63. The second kappa shape index (κ2) is 18.1. The lowest BCUT2D eigenvalue weighted by atomic mass is 9.81. The molecule has 4 aliphatic rings. The molecule has 2 aliphatic carbocycles. The molecular formula is C44H57F5N4O10S. The van der Waals surface area contributed by atoms with E-state index in [-0.39, 0.29) is 36.6 Å². The number of Topliss-reactive ketones (excluding diaryl/α,β-unsaturated/α-hetero) is 1. The lowest BCUT2D eigenvalue weighted by molar-refractivity contribution is -0.197. The molecule has 0 spiro atoms. The number of aromatic nitrogens is 2. The molecule has 1 aromatic carbocycles. The van der Waals surface area contributed by atoms with Crippen LogP contribution in [-0.2, 0) is 44.9 Å². The number of carbonyl (C=O) groups is 4. The summed E-state index contributed by atoms with van der Waals surface area (Å²) in [4.78, 5) is 66.6. The number of fused-ring (bicyclic) bond motifs is 3. The Bertz CT molecular complexity index is 2260. The number of alkyl halides is 5. The van der Waals surface area contributed by atoms with E-state index in [9.17, 15) is 44.8 Å². The monoisotopic (exact) mass is 928 g/mol. The van der Waals surface area contributed by atoms with Crippen LogP contribution in [0.3, 0.4) is 0 Å². The van der Waals surface area contributed by atoms with Gasteiger partial charge in [0.25, 0.3) is 5.92 Å². The number of hydrogen-bond acceptors (Lipinski definition) is 12. The molecule has 354 valence electrons. The average Bonchev–Trinajstić information content (AvgIpc) is 4.07. The smallest absolute Gasteiger partial charge is 0.438 e. The first-order valence-electron chi connectivity index (χ1n) is 21.6. The minimum absolute atomic E-state index is 0.000392. The van der Waals surface area contributed by atoms with Crippen molar-refractivity contribution >= 4 is 44.6 Å². The van der Waals surface area contributed by atoms with E-state index >= 15 is 4.79 Å². The van der Waals surface area contributed by atoms with Gasteiger partial charge >= 0.3 is 12.1 Å². The van der Waals surface area contributed by atoms with Gasteiger partial charge in [-0.1, -0.05) is 19.1 Å². The second-order valence-corrected chi connectivity index (χ2v) is 20.9. The third-order valence-corrected chi connectivity index (χ3v) is 15.4. The number of allylic oxidation sites excluding steroid dienone is 2. The second-order valence-electron chi connectivity index (χ2n) is 18.7. The molecule has 0 unspecified atom stereocenters. The maximum Gasteiger partial charge on any atom is 0.438 e. The van der Waals surface area contributed by atoms with Crippen LogP contribution < -0.4 is 14.2 Å². The Morgan fingerprint density at radius 2 is 1.73 bits per heavy atom. The number of nitrogens with one attached hydrogen (secondary N) is 1. The third-order valence-electron chi connectivity index (χ3n) is 13.3. The van der Waals surface area contributed by atoms with Crippen molar-refractivity contribution in [3.8, 4) is 11.6 Å². The Hall–Kier alpha value is -4.46. The zero-order chi connectivity index (χ0) is 47.2. The van der Waals surface area contributed by atoms with E-state index in [0.717, 1.165) is 18.7 Å². The van der Waals surface area contributed by atoms with Crippen molar-refractivity contribution in [1.29, 1.82) is 0 Å². The van der Waals surface area contributed by atoms with E-state index in [1.54, 1.807) is 13.0 Å². The lowest BCUT2D eigenvalue weighted by Crippen LogP contribution is -2.49. The Kier molecular flexibility index (Phi) is 13.8. The van der Waals surface area contributed by atoms with Crippen molar-refractivity contribution in [3.05, 3.63) is 36.0 Å². The van der Waals surface area contributed by atoms with Crippen LogP contribution in [0.5, 0.6) is 11.6 Å². The molecule has 1 saturated heterocycles. The first-order chi connectivity index (χ1) is 29.7. The summed E-state index contributed by atoms with van der Waals surface area (Å²) < 4.78 is 123. The van der Waals surface area contributed by atoms with E-state index in [0.29, 0.717) is 44.8 Å². The highest BCUT2D eigenvalue weighted by Crippen LogP contribution is 2.58. The minimum Gasteiger partial charge on any atom is -0.494 e. The summed E-state index contributed by atoms with van der Waals surface area (Å²) in [7, 11) is -2.75. The maximum atomic E-state index is 15.1. The molecule has 2 aliphatic heterocycles. The van der Waals surface area contributed by atoms with Crippen LogP contribution in [0.2, 0.25) is 0 Å². The van der Waals surface area contributed by atoms with Crippen LogP contribution in [-0.4, -0.2) is 102 Å². The number of amides is 2. The number of nitrogens with zero attached hydrogens (tertiary/aromatic N) is 3. The summed E-state index contributed by atoms with van der Waals surface area (Å²) in [6.07, 6.45) is -2.27. The summed E-state index contributed by atoms with van der Waals surface area (Å²) in [5.41, 5.74) is -5.39. The van der Waals surface area contributed by atoms with Gasteiger partial charge in [0.1, 0.15) is 11.9 Å². The molecule has 6 rings (SSSR count). The van der Waals surface area contributed by atoms with Gasteiger partial charge in [-0.2, -0.15) is 13.2 Å². The van der Waals surface area contributed by atoms with Crippen LogP contribution in [0.4, 0.5) is 22.0 Å². The molecular weight excluding hydrogens is 872 g/mol. The van der Waals surface area contributed by atoms with Gasteiger partial charge in [-0.3, -0.25) is 23.9 Å². The zero-order valence-electron chi connectivity index (χ0n) is 37.1. The lowest BCUT2D eigenvalue weighted by Gasteiger charge is -2.35.